The van der Waals surface area contributed by atoms with Gasteiger partial charge in [-0.25, -0.2) is 4.98 Å². The van der Waals surface area contributed by atoms with Gasteiger partial charge in [0, 0.05) is 34.5 Å². The molecular weight excluding hydrogens is 719 g/mol. The van der Waals surface area contributed by atoms with Crippen molar-refractivity contribution in [1.82, 2.24) is 19.3 Å². The number of ether oxygens (including phenoxy) is 1. The van der Waals surface area contributed by atoms with Gasteiger partial charge in [0.05, 0.1) is 5.69 Å². The van der Waals surface area contributed by atoms with E-state index in [1.165, 1.54) is 33.4 Å². The van der Waals surface area contributed by atoms with Crippen molar-refractivity contribution in [2.75, 3.05) is 0 Å². The molecule has 0 spiro atoms. The van der Waals surface area contributed by atoms with E-state index in [4.69, 9.17) is 14.8 Å². The maximum atomic E-state index is 6.68. The second-order valence-corrected chi connectivity index (χ2v) is 15.8. The van der Waals surface area contributed by atoms with Crippen LogP contribution in [-0.4, -0.2) is 19.3 Å². The van der Waals surface area contributed by atoms with Crippen LogP contribution in [0.25, 0.3) is 44.4 Å². The maximum absolute atomic E-state index is 6.68. The van der Waals surface area contributed by atoms with Crippen LogP contribution in [0, 0.1) is 46.8 Å². The third-order valence-corrected chi connectivity index (χ3v) is 9.76. The Balaban J connectivity index is 0.00000448. The van der Waals surface area contributed by atoms with Crippen LogP contribution in [0.15, 0.2) is 79.0 Å². The number of fused-ring (bicyclic) bond motifs is 3. The van der Waals surface area contributed by atoms with Crippen molar-refractivity contribution in [2.24, 2.45) is 0 Å². The third kappa shape index (κ3) is 6.68. The van der Waals surface area contributed by atoms with Crippen LogP contribution in [0.4, 0.5) is 0 Å². The van der Waals surface area contributed by atoms with Gasteiger partial charge in [0.25, 0.3) is 0 Å². The van der Waals surface area contributed by atoms with Gasteiger partial charge in [-0.05, 0) is 97.0 Å². The number of aryl methyl sites for hydroxylation is 4. The molecule has 51 heavy (non-hydrogen) atoms. The largest absolute Gasteiger partial charge is 2.00 e. The van der Waals surface area contributed by atoms with Crippen LogP contribution in [0.5, 0.6) is 11.5 Å². The third-order valence-electron chi connectivity index (χ3n) is 9.76. The van der Waals surface area contributed by atoms with Crippen molar-refractivity contribution < 1.29 is 25.2 Å². The van der Waals surface area contributed by atoms with Gasteiger partial charge in [0.2, 0.25) is 0 Å². The first-order chi connectivity index (χ1) is 23.6. The van der Waals surface area contributed by atoms with Crippen molar-refractivity contribution in [3.05, 3.63) is 130 Å². The number of benzene rings is 4. The summed E-state index contributed by atoms with van der Waals surface area (Å²) in [4.78, 5) is 4.83. The summed E-state index contributed by atoms with van der Waals surface area (Å²) in [6.45, 7) is 24.1. The molecule has 0 aliphatic heterocycles. The summed E-state index contributed by atoms with van der Waals surface area (Å²) in [5, 5.41) is 7.33. The first kappa shape index (κ1) is 36.3. The van der Waals surface area contributed by atoms with E-state index in [2.05, 4.69) is 160 Å². The molecule has 0 atom stereocenters. The van der Waals surface area contributed by atoms with E-state index < -0.39 is 0 Å². The van der Waals surface area contributed by atoms with Gasteiger partial charge in [-0.2, -0.15) is 11.2 Å². The predicted octanol–water partition coefficient (Wildman–Crippen LogP) is 11.6. The molecule has 4 aromatic carbocycles. The molecule has 6 heteroatoms. The number of aromatic nitrogens is 4. The zero-order chi connectivity index (χ0) is 35.7. The van der Waals surface area contributed by atoms with Gasteiger partial charge in [-0.1, -0.05) is 83.0 Å². The molecule has 7 rings (SSSR count). The van der Waals surface area contributed by atoms with Gasteiger partial charge >= 0.3 is 20.4 Å². The molecule has 0 unspecified atom stereocenters. The topological polar surface area (TPSA) is 44.9 Å². The molecule has 7 aromatic rings. The van der Waals surface area contributed by atoms with E-state index >= 15 is 0 Å². The standard InChI is InChI=1S/C45H46N4O.Pd/c1-27-20-28(2)42(29(3)21-27)43-30(4)47-49(31(43)5)34-22-33(45(9,10)11)23-36(25-34)50-35-16-17-38-37-14-12-13-15-39(37)48(40(38)26-35)41-24-32(18-19-46-41)44(6,7)8;/h12-24H,1-11H3;/q-2;+2. The van der Waals surface area contributed by atoms with E-state index in [1.807, 2.05) is 16.9 Å². The Morgan fingerprint density at radius 3 is 2.04 bits per heavy atom. The van der Waals surface area contributed by atoms with Gasteiger partial charge in [0.1, 0.15) is 5.82 Å². The number of nitrogens with zero attached hydrogens (tertiary/aromatic N) is 4. The molecule has 0 N–H and O–H groups in total. The fourth-order valence-electron chi connectivity index (χ4n) is 7.24. The van der Waals surface area contributed by atoms with Crippen LogP contribution in [-0.2, 0) is 31.3 Å². The Morgan fingerprint density at radius 1 is 0.667 bits per heavy atom. The van der Waals surface area contributed by atoms with E-state index in [0.717, 1.165) is 50.3 Å². The predicted molar refractivity (Wildman–Crippen MR) is 206 cm³/mol. The molecule has 0 amide bonds. The molecule has 0 fully saturated rings. The number of hydrogen-bond acceptors (Lipinski definition) is 3. The summed E-state index contributed by atoms with van der Waals surface area (Å²) in [7, 11) is 0. The minimum Gasteiger partial charge on any atom is -0.509 e. The quantitative estimate of drug-likeness (QED) is 0.129. The molecule has 0 saturated carbocycles. The summed E-state index contributed by atoms with van der Waals surface area (Å²) >= 11 is 0. The molecular formula is C45H46N4OPd. The monoisotopic (exact) mass is 764 g/mol. The average molecular weight is 765 g/mol. The van der Waals surface area contributed by atoms with Crippen molar-refractivity contribution in [2.45, 2.75) is 87.0 Å². The van der Waals surface area contributed by atoms with Gasteiger partial charge in [-0.15, -0.1) is 41.3 Å². The van der Waals surface area contributed by atoms with Crippen LogP contribution in [0.2, 0.25) is 0 Å². The van der Waals surface area contributed by atoms with Crippen molar-refractivity contribution >= 4 is 21.8 Å². The normalized spacial score (nSPS) is 12.1. The Bertz CT molecular complexity index is 2410. The Hall–Kier alpha value is -4.50. The summed E-state index contributed by atoms with van der Waals surface area (Å²) in [5.74, 6) is 2.09. The minimum atomic E-state index is -0.130. The van der Waals surface area contributed by atoms with Crippen molar-refractivity contribution in [1.29, 1.82) is 0 Å². The molecule has 3 heterocycles. The number of hydrogen-bond donors (Lipinski definition) is 0. The number of para-hydroxylation sites is 1. The maximum Gasteiger partial charge on any atom is 2.00 e. The van der Waals surface area contributed by atoms with Gasteiger partial charge < -0.3 is 9.30 Å². The first-order valence-corrected chi connectivity index (χ1v) is 17.4. The Labute approximate surface area is 316 Å². The summed E-state index contributed by atoms with van der Waals surface area (Å²) in [6.07, 6.45) is 1.90. The Kier molecular flexibility index (Phi) is 9.42. The number of pyridine rings is 1. The fourth-order valence-corrected chi connectivity index (χ4v) is 7.24. The molecule has 5 nitrogen and oxygen atoms in total. The number of rotatable bonds is 5. The average Bonchev–Trinajstić information content (AvgIpc) is 3.52. The van der Waals surface area contributed by atoms with Crippen LogP contribution in [0.1, 0.15) is 80.7 Å². The second-order valence-electron chi connectivity index (χ2n) is 15.8. The molecule has 3 aromatic heterocycles. The molecule has 0 bridgehead atoms. The molecule has 0 radical (unpaired) electrons. The van der Waals surface area contributed by atoms with Crippen LogP contribution < -0.4 is 4.74 Å². The van der Waals surface area contributed by atoms with Crippen molar-refractivity contribution in [3.8, 4) is 34.1 Å². The molecule has 0 saturated heterocycles. The minimum absolute atomic E-state index is 0. The zero-order valence-electron chi connectivity index (χ0n) is 31.5. The van der Waals surface area contributed by atoms with Gasteiger partial charge in [-0.3, -0.25) is 4.68 Å². The zero-order valence-corrected chi connectivity index (χ0v) is 33.1. The van der Waals surface area contributed by atoms with E-state index in [-0.39, 0.29) is 31.3 Å². The summed E-state index contributed by atoms with van der Waals surface area (Å²) < 4.78 is 10.9. The van der Waals surface area contributed by atoms with Crippen LogP contribution in [0.3, 0.4) is 0 Å². The Morgan fingerprint density at radius 2 is 1.35 bits per heavy atom. The molecule has 0 aliphatic rings. The van der Waals surface area contributed by atoms with E-state index in [0.29, 0.717) is 11.5 Å². The molecule has 262 valence electrons. The van der Waals surface area contributed by atoms with E-state index in [9.17, 15) is 0 Å². The molecule has 0 aliphatic carbocycles. The second kappa shape index (κ2) is 13.2. The van der Waals surface area contributed by atoms with Gasteiger partial charge in [0.15, 0.2) is 0 Å². The summed E-state index contributed by atoms with van der Waals surface area (Å²) in [5.41, 5.74) is 13.3. The van der Waals surface area contributed by atoms with Crippen LogP contribution >= 0.6 is 0 Å². The van der Waals surface area contributed by atoms with Crippen molar-refractivity contribution in [3.63, 3.8) is 0 Å². The van der Waals surface area contributed by atoms with E-state index in [1.54, 1.807) is 0 Å². The first-order valence-electron chi connectivity index (χ1n) is 17.4. The summed E-state index contributed by atoms with van der Waals surface area (Å²) in [6, 6.07) is 32.8. The SMILES string of the molecule is Cc1cc(C)c(-c2c(C)nn(-c3[c-]c(Oc4[c-]c5c(cc4)c4ccccc4n5-c4cc(C(C)(C)C)ccn4)cc(C(C)(C)C)c3)c2C)c(C)c1.[Pd+2]. The smallest absolute Gasteiger partial charge is 0.509 e. The fraction of sp³-hybridized carbons (Fsp3) is 0.289.